The molecule has 1 saturated heterocycles. The highest BCUT2D eigenvalue weighted by Gasteiger charge is 2.36. The molecule has 0 saturated carbocycles. The summed E-state index contributed by atoms with van der Waals surface area (Å²) < 4.78 is 39.2. The van der Waals surface area contributed by atoms with Gasteiger partial charge in [-0.1, -0.05) is 19.9 Å². The maximum Gasteiger partial charge on any atom is 0.405 e. The van der Waals surface area contributed by atoms with E-state index in [0.717, 1.165) is 25.9 Å². The standard InChI is InChI=1S/C27H37F3N8O2/c1-6-11-37(12-7-2)20-14-24(39)38(15-20)25-22(16-36(5)35-25)34-26(40)21(8-3)33-18(4)19-9-10-31-23(13-19)32-17-27(28,29)30/h8-10,13,16,20H,6-7,11-12,14-15,17H2,1-5H3,(H,31,32)(H,34,40)/b21-8-,33-18?/t20-/m0/s1. The molecule has 0 radical (unpaired) electrons. The average molecular weight is 563 g/mol. The Kier molecular flexibility index (Phi) is 10.4. The number of aliphatic imine (C=N–C) groups is 1. The number of hydrogen-bond acceptors (Lipinski definition) is 7. The third kappa shape index (κ3) is 8.13. The van der Waals surface area contributed by atoms with Crippen molar-refractivity contribution in [3.05, 3.63) is 41.9 Å². The lowest BCUT2D eigenvalue weighted by Gasteiger charge is -2.27. The molecule has 0 aliphatic carbocycles. The van der Waals surface area contributed by atoms with E-state index in [2.05, 4.69) is 44.5 Å². The summed E-state index contributed by atoms with van der Waals surface area (Å²) in [4.78, 5) is 38.5. The minimum absolute atomic E-state index is 0.0425. The predicted molar refractivity (Wildman–Crippen MR) is 150 cm³/mol. The third-order valence-corrected chi connectivity index (χ3v) is 6.40. The first-order valence-electron chi connectivity index (χ1n) is 13.3. The number of pyridine rings is 1. The molecule has 0 unspecified atom stereocenters. The van der Waals surface area contributed by atoms with Gasteiger partial charge in [0.05, 0.1) is 6.20 Å². The Morgan fingerprint density at radius 2 is 1.98 bits per heavy atom. The summed E-state index contributed by atoms with van der Waals surface area (Å²) in [7, 11) is 1.71. The predicted octanol–water partition coefficient (Wildman–Crippen LogP) is 4.37. The zero-order valence-corrected chi connectivity index (χ0v) is 23.5. The molecule has 3 heterocycles. The van der Waals surface area contributed by atoms with Crippen LogP contribution in [-0.4, -0.2) is 75.6 Å². The summed E-state index contributed by atoms with van der Waals surface area (Å²) in [6.07, 6.45) is 2.52. The molecule has 0 spiro atoms. The summed E-state index contributed by atoms with van der Waals surface area (Å²) in [5.74, 6) is -0.144. The number of rotatable bonds is 12. The molecule has 2 aromatic heterocycles. The lowest BCUT2D eigenvalue weighted by molar-refractivity contribution is -0.117. The van der Waals surface area contributed by atoms with Crippen molar-refractivity contribution in [3.8, 4) is 0 Å². The van der Waals surface area contributed by atoms with Gasteiger partial charge in [0.25, 0.3) is 5.91 Å². The normalized spacial score (nSPS) is 16.7. The van der Waals surface area contributed by atoms with Gasteiger partial charge in [-0.3, -0.25) is 24.1 Å². The molecule has 1 fully saturated rings. The molecule has 2 aromatic rings. The quantitative estimate of drug-likeness (QED) is 0.294. The van der Waals surface area contributed by atoms with E-state index in [0.29, 0.717) is 35.7 Å². The average Bonchev–Trinajstić information content (AvgIpc) is 3.46. The van der Waals surface area contributed by atoms with Crippen LogP contribution in [0.25, 0.3) is 0 Å². The fourth-order valence-electron chi connectivity index (χ4n) is 4.57. The summed E-state index contributed by atoms with van der Waals surface area (Å²) in [6.45, 7) is 8.62. The van der Waals surface area contributed by atoms with Gasteiger partial charge in [0.2, 0.25) is 5.91 Å². The van der Waals surface area contributed by atoms with Gasteiger partial charge in [-0.15, -0.1) is 0 Å². The SMILES string of the molecule is C/C=C(\N=C(C)c1ccnc(NCC(F)(F)F)c1)C(=O)Nc1cn(C)nc1N1C[C@@H](N(CCC)CCC)CC1=O. The van der Waals surface area contributed by atoms with Crippen LogP contribution in [0.2, 0.25) is 0 Å². The van der Waals surface area contributed by atoms with Crippen molar-refractivity contribution >= 4 is 34.8 Å². The number of halogens is 3. The molecular weight excluding hydrogens is 525 g/mol. The number of hydrogen-bond donors (Lipinski definition) is 2. The Labute approximate surface area is 232 Å². The van der Waals surface area contributed by atoms with E-state index in [1.165, 1.54) is 23.0 Å². The van der Waals surface area contributed by atoms with Gasteiger partial charge in [-0.05, 0) is 51.9 Å². The number of amides is 2. The van der Waals surface area contributed by atoms with Crippen molar-refractivity contribution in [2.24, 2.45) is 12.0 Å². The van der Waals surface area contributed by atoms with E-state index in [9.17, 15) is 22.8 Å². The second-order valence-electron chi connectivity index (χ2n) is 9.66. The summed E-state index contributed by atoms with van der Waals surface area (Å²) >= 11 is 0. The molecule has 1 atom stereocenters. The number of carbonyl (C=O) groups is 2. The summed E-state index contributed by atoms with van der Waals surface area (Å²) in [5.41, 5.74) is 1.40. The molecule has 13 heteroatoms. The van der Waals surface area contributed by atoms with Crippen LogP contribution in [0.5, 0.6) is 0 Å². The maximum atomic E-state index is 13.2. The zero-order chi connectivity index (χ0) is 29.4. The summed E-state index contributed by atoms with van der Waals surface area (Å²) in [6, 6.07) is 3.11. The number of alkyl halides is 3. The fraction of sp³-hybridized carbons (Fsp3) is 0.519. The van der Waals surface area contributed by atoms with Crippen molar-refractivity contribution in [2.45, 2.75) is 59.2 Å². The highest BCUT2D eigenvalue weighted by atomic mass is 19.4. The number of nitrogens with zero attached hydrogens (tertiary/aromatic N) is 6. The second-order valence-corrected chi connectivity index (χ2v) is 9.66. The van der Waals surface area contributed by atoms with Crippen molar-refractivity contribution in [1.82, 2.24) is 19.7 Å². The second kappa shape index (κ2) is 13.6. The lowest BCUT2D eigenvalue weighted by atomic mass is 10.1. The first-order chi connectivity index (χ1) is 18.9. The largest absolute Gasteiger partial charge is 0.405 e. The third-order valence-electron chi connectivity index (χ3n) is 6.40. The number of allylic oxidation sites excluding steroid dienone is 1. The number of aryl methyl sites for hydroxylation is 1. The minimum Gasteiger partial charge on any atom is -0.361 e. The molecular formula is C27H37F3N8O2. The number of anilines is 3. The molecule has 218 valence electrons. The Bertz CT molecular complexity index is 1250. The van der Waals surface area contributed by atoms with Gasteiger partial charge in [-0.25, -0.2) is 9.98 Å². The van der Waals surface area contributed by atoms with Crippen LogP contribution in [0, 0.1) is 0 Å². The first-order valence-corrected chi connectivity index (χ1v) is 13.3. The van der Waals surface area contributed by atoms with Gasteiger partial charge in [0, 0.05) is 43.5 Å². The number of aromatic nitrogens is 3. The Morgan fingerprint density at radius 3 is 2.60 bits per heavy atom. The van der Waals surface area contributed by atoms with Crippen LogP contribution in [0.1, 0.15) is 52.5 Å². The smallest absolute Gasteiger partial charge is 0.361 e. The van der Waals surface area contributed by atoms with Crippen molar-refractivity contribution in [3.63, 3.8) is 0 Å². The fourth-order valence-corrected chi connectivity index (χ4v) is 4.57. The van der Waals surface area contributed by atoms with Crippen LogP contribution in [0.4, 0.5) is 30.5 Å². The highest BCUT2D eigenvalue weighted by Crippen LogP contribution is 2.30. The summed E-state index contributed by atoms with van der Waals surface area (Å²) in [5, 5.41) is 9.52. The van der Waals surface area contributed by atoms with Gasteiger partial charge >= 0.3 is 6.18 Å². The molecule has 0 bridgehead atoms. The van der Waals surface area contributed by atoms with Crippen molar-refractivity contribution in [1.29, 1.82) is 0 Å². The highest BCUT2D eigenvalue weighted by molar-refractivity contribution is 6.10. The van der Waals surface area contributed by atoms with E-state index in [4.69, 9.17) is 0 Å². The van der Waals surface area contributed by atoms with Crippen LogP contribution in [0.3, 0.4) is 0 Å². The Hall–Kier alpha value is -3.74. The maximum absolute atomic E-state index is 13.2. The van der Waals surface area contributed by atoms with Gasteiger partial charge in [0.1, 0.15) is 23.7 Å². The molecule has 0 aromatic carbocycles. The van der Waals surface area contributed by atoms with Crippen LogP contribution < -0.4 is 15.5 Å². The van der Waals surface area contributed by atoms with E-state index in [1.807, 2.05) is 0 Å². The number of nitrogens with one attached hydrogen (secondary N) is 2. The molecule has 2 amide bonds. The topological polar surface area (TPSA) is 108 Å². The van der Waals surface area contributed by atoms with Gasteiger partial charge in [-0.2, -0.15) is 18.3 Å². The van der Waals surface area contributed by atoms with E-state index >= 15 is 0 Å². The minimum atomic E-state index is -4.38. The first kappa shape index (κ1) is 30.8. The zero-order valence-electron chi connectivity index (χ0n) is 23.5. The van der Waals surface area contributed by atoms with E-state index in [1.54, 1.807) is 38.1 Å². The molecule has 10 nitrogen and oxygen atoms in total. The molecule has 2 N–H and O–H groups in total. The number of carbonyl (C=O) groups excluding carboxylic acids is 2. The Morgan fingerprint density at radius 1 is 1.27 bits per heavy atom. The van der Waals surface area contributed by atoms with Crippen LogP contribution in [-0.2, 0) is 16.6 Å². The molecule has 3 rings (SSSR count). The van der Waals surface area contributed by atoms with Gasteiger partial charge < -0.3 is 10.6 Å². The van der Waals surface area contributed by atoms with Gasteiger partial charge in [0.15, 0.2) is 5.82 Å². The monoisotopic (exact) mass is 562 g/mol. The van der Waals surface area contributed by atoms with Crippen LogP contribution in [0.15, 0.2) is 41.3 Å². The van der Waals surface area contributed by atoms with E-state index < -0.39 is 18.6 Å². The molecule has 1 aliphatic rings. The van der Waals surface area contributed by atoms with E-state index in [-0.39, 0.29) is 23.5 Å². The molecule has 40 heavy (non-hydrogen) atoms. The Balaban J connectivity index is 1.76. The molecule has 1 aliphatic heterocycles. The lowest BCUT2D eigenvalue weighted by Crippen LogP contribution is -2.38. The van der Waals surface area contributed by atoms with Crippen molar-refractivity contribution in [2.75, 3.05) is 41.7 Å². The van der Waals surface area contributed by atoms with Crippen molar-refractivity contribution < 1.29 is 22.8 Å². The van der Waals surface area contributed by atoms with Crippen LogP contribution >= 0.6 is 0 Å².